The van der Waals surface area contributed by atoms with Gasteiger partial charge in [0.15, 0.2) is 9.84 Å². The maximum absolute atomic E-state index is 13.1. The molecule has 0 saturated carbocycles. The number of benzene rings is 2. The molecule has 2 amide bonds. The van der Waals surface area contributed by atoms with Gasteiger partial charge in [0.1, 0.15) is 12.3 Å². The summed E-state index contributed by atoms with van der Waals surface area (Å²) >= 11 is 0. The Balaban J connectivity index is 1.58. The lowest BCUT2D eigenvalue weighted by molar-refractivity contribution is -0.130. The third kappa shape index (κ3) is 4.64. The van der Waals surface area contributed by atoms with Crippen molar-refractivity contribution in [1.82, 2.24) is 9.47 Å². The first-order chi connectivity index (χ1) is 14.8. The lowest BCUT2D eigenvalue weighted by atomic mass is 10.2. The van der Waals surface area contributed by atoms with Crippen LogP contribution in [0, 0.1) is 6.92 Å². The average Bonchev–Trinajstić information content (AvgIpc) is 3.38. The summed E-state index contributed by atoms with van der Waals surface area (Å²) in [6.45, 7) is 3.48. The normalized spacial score (nSPS) is 14.2. The van der Waals surface area contributed by atoms with Gasteiger partial charge in [0.25, 0.3) is 0 Å². The van der Waals surface area contributed by atoms with E-state index in [9.17, 15) is 18.0 Å². The molecule has 162 valence electrons. The summed E-state index contributed by atoms with van der Waals surface area (Å²) in [5.74, 6) is -1.30. The Morgan fingerprint density at radius 2 is 1.68 bits per heavy atom. The van der Waals surface area contributed by atoms with Crippen LogP contribution >= 0.6 is 0 Å². The highest BCUT2D eigenvalue weighted by Crippen LogP contribution is 2.27. The first-order valence-electron chi connectivity index (χ1n) is 10.3. The fourth-order valence-corrected chi connectivity index (χ4v) is 5.26. The number of rotatable bonds is 6. The van der Waals surface area contributed by atoms with Crippen LogP contribution < -0.4 is 5.32 Å². The molecule has 1 N–H and O–H groups in total. The van der Waals surface area contributed by atoms with E-state index in [4.69, 9.17) is 0 Å². The molecule has 2 aromatic carbocycles. The molecule has 3 aromatic rings. The third-order valence-electron chi connectivity index (χ3n) is 5.51. The van der Waals surface area contributed by atoms with E-state index in [0.717, 1.165) is 31.5 Å². The molecule has 0 unspecified atom stereocenters. The predicted molar refractivity (Wildman–Crippen MR) is 120 cm³/mol. The van der Waals surface area contributed by atoms with Crippen LogP contribution in [0.5, 0.6) is 0 Å². The number of hydrogen-bond acceptors (Lipinski definition) is 4. The summed E-state index contributed by atoms with van der Waals surface area (Å²) in [4.78, 5) is 26.9. The zero-order chi connectivity index (χ0) is 22.0. The molecule has 31 heavy (non-hydrogen) atoms. The number of carbonyl (C=O) groups excluding carboxylic acids is 2. The van der Waals surface area contributed by atoms with Gasteiger partial charge in [0, 0.05) is 35.9 Å². The molecule has 1 aliphatic heterocycles. The van der Waals surface area contributed by atoms with Crippen molar-refractivity contribution in [2.75, 3.05) is 24.2 Å². The van der Waals surface area contributed by atoms with E-state index in [0.29, 0.717) is 16.6 Å². The van der Waals surface area contributed by atoms with Crippen molar-refractivity contribution in [2.24, 2.45) is 0 Å². The Kier molecular flexibility index (Phi) is 5.82. The van der Waals surface area contributed by atoms with E-state index in [2.05, 4.69) is 5.32 Å². The Morgan fingerprint density at radius 3 is 2.39 bits per heavy atom. The van der Waals surface area contributed by atoms with E-state index in [-0.39, 0.29) is 17.3 Å². The molecule has 8 heteroatoms. The highest BCUT2D eigenvalue weighted by atomic mass is 32.2. The fraction of sp³-hybridized carbons (Fsp3) is 0.304. The molecule has 1 aromatic heterocycles. The van der Waals surface area contributed by atoms with Gasteiger partial charge in [-0.2, -0.15) is 0 Å². The van der Waals surface area contributed by atoms with E-state index >= 15 is 0 Å². The summed E-state index contributed by atoms with van der Waals surface area (Å²) in [5.41, 5.74) is 2.25. The number of aromatic nitrogens is 1. The van der Waals surface area contributed by atoms with Crippen LogP contribution in [0.3, 0.4) is 0 Å². The molecule has 0 atom stereocenters. The van der Waals surface area contributed by atoms with Crippen molar-refractivity contribution < 1.29 is 18.0 Å². The van der Waals surface area contributed by atoms with Crippen molar-refractivity contribution in [1.29, 1.82) is 0 Å². The van der Waals surface area contributed by atoms with Gasteiger partial charge >= 0.3 is 0 Å². The van der Waals surface area contributed by atoms with Gasteiger partial charge in [-0.05, 0) is 38.0 Å². The van der Waals surface area contributed by atoms with E-state index in [1.54, 1.807) is 45.9 Å². The van der Waals surface area contributed by atoms with Crippen molar-refractivity contribution in [3.8, 4) is 0 Å². The fourth-order valence-electron chi connectivity index (χ4n) is 3.89. The van der Waals surface area contributed by atoms with Crippen LogP contribution in [0.15, 0.2) is 59.6 Å². The average molecular weight is 440 g/mol. The van der Waals surface area contributed by atoms with Gasteiger partial charge < -0.3 is 14.8 Å². The van der Waals surface area contributed by atoms with Gasteiger partial charge in [-0.3, -0.25) is 9.59 Å². The number of carbonyl (C=O) groups is 2. The number of fused-ring (bicyclic) bond motifs is 1. The minimum absolute atomic E-state index is 0.0284. The quantitative estimate of drug-likeness (QED) is 0.640. The number of nitrogens with zero attached hydrogens (tertiary/aromatic N) is 2. The molecule has 0 radical (unpaired) electrons. The first-order valence-corrected chi connectivity index (χ1v) is 11.9. The molecule has 0 spiro atoms. The summed E-state index contributed by atoms with van der Waals surface area (Å²) in [6, 6.07) is 14.2. The van der Waals surface area contributed by atoms with Crippen molar-refractivity contribution in [3.05, 3.63) is 60.3 Å². The number of likely N-dealkylation sites (tertiary alicyclic amines) is 1. The van der Waals surface area contributed by atoms with Crippen molar-refractivity contribution in [2.45, 2.75) is 31.2 Å². The summed E-state index contributed by atoms with van der Waals surface area (Å²) in [7, 11) is -3.91. The SMILES string of the molecule is Cc1ccc(NC(=O)CS(=O)(=O)c2cn(CC(=O)N3CCCC3)c3ccccc23)cc1. The molecule has 4 rings (SSSR count). The molecule has 0 aliphatic carbocycles. The molecular weight excluding hydrogens is 414 g/mol. The van der Waals surface area contributed by atoms with Crippen LogP contribution in [-0.2, 0) is 26.0 Å². The first kappa shape index (κ1) is 21.1. The number of sulfone groups is 1. The van der Waals surface area contributed by atoms with Crippen molar-refractivity contribution in [3.63, 3.8) is 0 Å². The lowest BCUT2D eigenvalue weighted by Crippen LogP contribution is -2.30. The van der Waals surface area contributed by atoms with Gasteiger partial charge in [-0.25, -0.2) is 8.42 Å². The number of aryl methyl sites for hydroxylation is 1. The van der Waals surface area contributed by atoms with Gasteiger partial charge in [0.2, 0.25) is 11.8 Å². The Hall–Kier alpha value is -3.13. The topological polar surface area (TPSA) is 88.5 Å². The molecule has 1 fully saturated rings. The van der Waals surface area contributed by atoms with E-state index in [1.807, 2.05) is 19.1 Å². The standard InChI is InChI=1S/C23H25N3O4S/c1-17-8-10-18(11-9-17)24-22(27)16-31(29,30)21-14-26(20-7-3-2-6-19(20)21)15-23(28)25-12-4-5-13-25/h2-3,6-11,14H,4-5,12-13,15-16H2,1H3,(H,24,27). The zero-order valence-corrected chi connectivity index (χ0v) is 18.2. The second-order valence-electron chi connectivity index (χ2n) is 7.90. The molecule has 0 bridgehead atoms. The van der Waals surface area contributed by atoms with Crippen LogP contribution in [0.1, 0.15) is 18.4 Å². The monoisotopic (exact) mass is 439 g/mol. The second kappa shape index (κ2) is 8.55. The molecule has 2 heterocycles. The second-order valence-corrected chi connectivity index (χ2v) is 9.86. The number of anilines is 1. The molecular formula is C23H25N3O4S. The molecule has 1 saturated heterocycles. The van der Waals surface area contributed by atoms with Crippen LogP contribution in [0.2, 0.25) is 0 Å². The Bertz CT molecular complexity index is 1220. The van der Waals surface area contributed by atoms with Crippen molar-refractivity contribution >= 4 is 38.2 Å². The summed E-state index contributed by atoms with van der Waals surface area (Å²) < 4.78 is 27.8. The highest BCUT2D eigenvalue weighted by molar-refractivity contribution is 7.92. The Morgan fingerprint density at radius 1 is 1.00 bits per heavy atom. The maximum atomic E-state index is 13.1. The van der Waals surface area contributed by atoms with Gasteiger partial charge in [-0.15, -0.1) is 0 Å². The van der Waals surface area contributed by atoms with Gasteiger partial charge in [0.05, 0.1) is 4.90 Å². The number of hydrogen-bond donors (Lipinski definition) is 1. The lowest BCUT2D eigenvalue weighted by Gasteiger charge is -2.15. The van der Waals surface area contributed by atoms with Crippen LogP contribution in [-0.4, -0.2) is 48.5 Å². The molecule has 7 nitrogen and oxygen atoms in total. The molecule has 1 aliphatic rings. The summed E-state index contributed by atoms with van der Waals surface area (Å²) in [5, 5.41) is 3.15. The number of para-hydroxylation sites is 1. The predicted octanol–water partition coefficient (Wildman–Crippen LogP) is 2.98. The highest BCUT2D eigenvalue weighted by Gasteiger charge is 2.26. The number of nitrogens with one attached hydrogen (secondary N) is 1. The maximum Gasteiger partial charge on any atom is 0.242 e. The minimum atomic E-state index is -3.91. The van der Waals surface area contributed by atoms with E-state index in [1.165, 1.54) is 6.20 Å². The minimum Gasteiger partial charge on any atom is -0.341 e. The Labute approximate surface area is 181 Å². The van der Waals surface area contributed by atoms with E-state index < -0.39 is 21.5 Å². The number of amides is 2. The third-order valence-corrected chi connectivity index (χ3v) is 7.15. The smallest absolute Gasteiger partial charge is 0.242 e. The van der Waals surface area contributed by atoms with Gasteiger partial charge in [-0.1, -0.05) is 35.9 Å². The van der Waals surface area contributed by atoms with Crippen LogP contribution in [0.25, 0.3) is 10.9 Å². The zero-order valence-electron chi connectivity index (χ0n) is 17.4. The largest absolute Gasteiger partial charge is 0.341 e. The van der Waals surface area contributed by atoms with Crippen LogP contribution in [0.4, 0.5) is 5.69 Å². The summed E-state index contributed by atoms with van der Waals surface area (Å²) in [6.07, 6.45) is 3.47.